The number of carbonyl (C=O) groups is 2. The second-order valence-corrected chi connectivity index (χ2v) is 7.13. The number of anilines is 1. The number of thioether (sulfide) groups is 1. The van der Waals surface area contributed by atoms with Gasteiger partial charge in [-0.25, -0.2) is 9.78 Å². The second kappa shape index (κ2) is 7.28. The zero-order valence-electron chi connectivity index (χ0n) is 14.8. The summed E-state index contributed by atoms with van der Waals surface area (Å²) >= 11 is 1.15. The molecule has 140 valence electrons. The van der Waals surface area contributed by atoms with Crippen molar-refractivity contribution in [3.8, 4) is 0 Å². The van der Waals surface area contributed by atoms with Crippen molar-refractivity contribution < 1.29 is 14.7 Å². The molecule has 4 aromatic rings. The fourth-order valence-corrected chi connectivity index (χ4v) is 3.38. The Bertz CT molecular complexity index is 1220. The highest BCUT2D eigenvalue weighted by molar-refractivity contribution is 7.99. The number of nitrogens with zero attached hydrogens (tertiary/aromatic N) is 3. The molecule has 2 aromatic carbocycles. The van der Waals surface area contributed by atoms with Gasteiger partial charge in [0.2, 0.25) is 11.1 Å². The fraction of sp³-hybridized carbons (Fsp3) is 0.105. The summed E-state index contributed by atoms with van der Waals surface area (Å²) in [6.07, 6.45) is 0. The van der Waals surface area contributed by atoms with Gasteiger partial charge in [-0.1, -0.05) is 29.5 Å². The monoisotopic (exact) mass is 393 g/mol. The zero-order chi connectivity index (χ0) is 19.7. The first-order valence-electron chi connectivity index (χ1n) is 8.38. The first kappa shape index (κ1) is 17.9. The molecule has 0 aliphatic rings. The minimum absolute atomic E-state index is 0.0732. The smallest absolute Gasteiger partial charge is 0.335 e. The van der Waals surface area contributed by atoms with Crippen LogP contribution in [0.2, 0.25) is 0 Å². The van der Waals surface area contributed by atoms with E-state index < -0.39 is 5.97 Å². The molecule has 9 heteroatoms. The minimum Gasteiger partial charge on any atom is -0.478 e. The SMILES string of the molecule is Cc1ccc2[nH]c3nc(SCC(=O)Nc4cccc(C(=O)O)c4)nnc3c2c1. The van der Waals surface area contributed by atoms with Crippen molar-refractivity contribution in [3.05, 3.63) is 53.6 Å². The first-order chi connectivity index (χ1) is 13.5. The Morgan fingerprint density at radius 1 is 1.18 bits per heavy atom. The number of aromatic amines is 1. The van der Waals surface area contributed by atoms with Crippen LogP contribution in [0.25, 0.3) is 22.1 Å². The Hall–Kier alpha value is -3.46. The van der Waals surface area contributed by atoms with E-state index in [2.05, 4.69) is 25.5 Å². The van der Waals surface area contributed by atoms with Crippen LogP contribution in [0.15, 0.2) is 47.6 Å². The van der Waals surface area contributed by atoms with Crippen molar-refractivity contribution in [2.75, 3.05) is 11.1 Å². The topological polar surface area (TPSA) is 121 Å². The van der Waals surface area contributed by atoms with Crippen molar-refractivity contribution in [1.82, 2.24) is 20.2 Å². The number of aromatic carboxylic acids is 1. The number of nitrogens with one attached hydrogen (secondary N) is 2. The van der Waals surface area contributed by atoms with Crippen LogP contribution < -0.4 is 5.32 Å². The maximum atomic E-state index is 12.1. The van der Waals surface area contributed by atoms with E-state index in [1.165, 1.54) is 12.1 Å². The summed E-state index contributed by atoms with van der Waals surface area (Å²) in [5, 5.41) is 21.4. The number of H-pyrrole nitrogens is 1. The lowest BCUT2D eigenvalue weighted by atomic mass is 10.2. The van der Waals surface area contributed by atoms with Crippen LogP contribution in [0.1, 0.15) is 15.9 Å². The summed E-state index contributed by atoms with van der Waals surface area (Å²) in [5.74, 6) is -1.26. The Morgan fingerprint density at radius 2 is 2.04 bits per heavy atom. The largest absolute Gasteiger partial charge is 0.478 e. The van der Waals surface area contributed by atoms with Crippen LogP contribution >= 0.6 is 11.8 Å². The average molecular weight is 393 g/mol. The van der Waals surface area contributed by atoms with Crippen LogP contribution in [0, 0.1) is 6.92 Å². The molecule has 4 rings (SSSR count). The van der Waals surface area contributed by atoms with Crippen molar-refractivity contribution in [2.24, 2.45) is 0 Å². The molecule has 2 aromatic heterocycles. The van der Waals surface area contributed by atoms with Gasteiger partial charge in [0.25, 0.3) is 0 Å². The van der Waals surface area contributed by atoms with Gasteiger partial charge < -0.3 is 15.4 Å². The Morgan fingerprint density at radius 3 is 2.86 bits per heavy atom. The van der Waals surface area contributed by atoms with Crippen molar-refractivity contribution >= 4 is 51.4 Å². The van der Waals surface area contributed by atoms with Crippen LogP contribution in [0.4, 0.5) is 5.69 Å². The second-order valence-electron chi connectivity index (χ2n) is 6.19. The molecule has 2 heterocycles. The van der Waals surface area contributed by atoms with E-state index in [4.69, 9.17) is 5.11 Å². The molecule has 8 nitrogen and oxygen atoms in total. The van der Waals surface area contributed by atoms with Crippen LogP contribution in [-0.2, 0) is 4.79 Å². The van der Waals surface area contributed by atoms with E-state index in [1.807, 2.05) is 25.1 Å². The Labute approximate surface area is 163 Å². The van der Waals surface area contributed by atoms with Gasteiger partial charge in [-0.3, -0.25) is 4.79 Å². The number of aromatic nitrogens is 4. The molecule has 0 unspecified atom stereocenters. The molecule has 0 radical (unpaired) electrons. The van der Waals surface area contributed by atoms with Crippen molar-refractivity contribution in [1.29, 1.82) is 0 Å². The van der Waals surface area contributed by atoms with Gasteiger partial charge in [-0.2, -0.15) is 0 Å². The van der Waals surface area contributed by atoms with Gasteiger partial charge in [0, 0.05) is 16.6 Å². The van der Waals surface area contributed by atoms with Crippen molar-refractivity contribution in [3.63, 3.8) is 0 Å². The summed E-state index contributed by atoms with van der Waals surface area (Å²) < 4.78 is 0. The standard InChI is InChI=1S/C19H15N5O3S/c1-10-5-6-14-13(7-10)16-17(21-14)22-19(24-23-16)28-9-15(25)20-12-4-2-3-11(8-12)18(26)27/h2-8H,9H2,1H3,(H,20,25)(H,26,27)(H,21,22,24). The number of carboxylic acids is 1. The van der Waals surface area contributed by atoms with E-state index >= 15 is 0 Å². The summed E-state index contributed by atoms with van der Waals surface area (Å²) in [5.41, 5.74) is 3.90. The molecule has 1 amide bonds. The number of hydrogen-bond acceptors (Lipinski definition) is 6. The molecule has 0 aliphatic carbocycles. The molecule has 0 saturated heterocycles. The maximum absolute atomic E-state index is 12.1. The molecule has 0 saturated carbocycles. The third-order valence-corrected chi connectivity index (χ3v) is 4.91. The number of benzene rings is 2. The first-order valence-corrected chi connectivity index (χ1v) is 9.37. The quantitative estimate of drug-likeness (QED) is 0.445. The molecular formula is C19H15N5O3S. The van der Waals surface area contributed by atoms with Gasteiger partial charge >= 0.3 is 5.97 Å². The predicted octanol–water partition coefficient (Wildman–Crippen LogP) is 3.24. The molecule has 0 atom stereocenters. The van der Waals surface area contributed by atoms with Gasteiger partial charge in [-0.05, 0) is 37.3 Å². The van der Waals surface area contributed by atoms with Gasteiger partial charge in [0.05, 0.1) is 11.3 Å². The highest BCUT2D eigenvalue weighted by Crippen LogP contribution is 2.24. The van der Waals surface area contributed by atoms with Gasteiger partial charge in [-0.15, -0.1) is 10.2 Å². The highest BCUT2D eigenvalue weighted by Gasteiger charge is 2.12. The van der Waals surface area contributed by atoms with Crippen LogP contribution in [-0.4, -0.2) is 42.9 Å². The third kappa shape index (κ3) is 3.65. The van der Waals surface area contributed by atoms with Crippen LogP contribution in [0.3, 0.4) is 0 Å². The lowest BCUT2D eigenvalue weighted by Crippen LogP contribution is -2.14. The lowest BCUT2D eigenvalue weighted by Gasteiger charge is -2.05. The van der Waals surface area contributed by atoms with E-state index in [-0.39, 0.29) is 17.2 Å². The molecule has 0 fully saturated rings. The zero-order valence-corrected chi connectivity index (χ0v) is 15.6. The number of rotatable bonds is 5. The summed E-state index contributed by atoms with van der Waals surface area (Å²) in [7, 11) is 0. The van der Waals surface area contributed by atoms with E-state index in [1.54, 1.807) is 12.1 Å². The molecule has 3 N–H and O–H groups in total. The third-order valence-electron chi connectivity index (χ3n) is 4.08. The predicted molar refractivity (Wildman–Crippen MR) is 107 cm³/mol. The van der Waals surface area contributed by atoms with E-state index in [0.29, 0.717) is 22.0 Å². The summed E-state index contributed by atoms with van der Waals surface area (Å²) in [6, 6.07) is 12.1. The molecule has 28 heavy (non-hydrogen) atoms. The van der Waals surface area contributed by atoms with E-state index in [0.717, 1.165) is 28.2 Å². The number of carboxylic acid groups (broad SMARTS) is 1. The van der Waals surface area contributed by atoms with Gasteiger partial charge in [0.15, 0.2) is 5.65 Å². The Balaban J connectivity index is 1.46. The Kier molecular flexibility index (Phi) is 4.66. The average Bonchev–Trinajstić information content (AvgIpc) is 3.03. The highest BCUT2D eigenvalue weighted by atomic mass is 32.2. The number of carbonyl (C=O) groups excluding carboxylic acids is 1. The van der Waals surface area contributed by atoms with Gasteiger partial charge in [0.1, 0.15) is 5.52 Å². The molecular weight excluding hydrogens is 378 g/mol. The number of aryl methyl sites for hydroxylation is 1. The molecule has 0 bridgehead atoms. The van der Waals surface area contributed by atoms with Crippen molar-refractivity contribution in [2.45, 2.75) is 12.1 Å². The van der Waals surface area contributed by atoms with E-state index in [9.17, 15) is 9.59 Å². The number of fused-ring (bicyclic) bond motifs is 3. The normalized spacial score (nSPS) is 11.0. The fourth-order valence-electron chi connectivity index (χ4n) is 2.79. The maximum Gasteiger partial charge on any atom is 0.335 e. The molecule has 0 spiro atoms. The summed E-state index contributed by atoms with van der Waals surface area (Å²) in [4.78, 5) is 30.8. The number of hydrogen-bond donors (Lipinski definition) is 3. The lowest BCUT2D eigenvalue weighted by molar-refractivity contribution is -0.113. The van der Waals surface area contributed by atoms with Crippen LogP contribution in [0.5, 0.6) is 0 Å². The summed E-state index contributed by atoms with van der Waals surface area (Å²) in [6.45, 7) is 2.01. The number of amides is 1. The minimum atomic E-state index is -1.05. The molecule has 0 aliphatic heterocycles.